The van der Waals surface area contributed by atoms with Crippen LogP contribution in [0.25, 0.3) is 55.6 Å². The molecule has 0 heterocycles. The Morgan fingerprint density at radius 3 is 1.42 bits per heavy atom. The van der Waals surface area contributed by atoms with E-state index in [4.69, 9.17) is 4.99 Å². The fourth-order valence-corrected chi connectivity index (χ4v) is 7.25. The van der Waals surface area contributed by atoms with Gasteiger partial charge < -0.3 is 5.32 Å². The topological polar surface area (TPSA) is 24.4 Å². The zero-order valence-electron chi connectivity index (χ0n) is 31.3. The Balaban J connectivity index is 1.28. The standard InChI is InChI=1S/C53H44N2/c1-38(40-18-8-3-9-19-40)54-53(46-26-16-7-17-27-46)55-39(2)48-34-49(44-30-28-43(29-31-44)41-20-10-4-11-21-41)36-50(35-48)52-37-47(42-22-12-5-13-23-42)32-33-51(52)45-24-14-6-15-25-45/h3-39H,1-2H3,(H,54,55). The van der Waals surface area contributed by atoms with Gasteiger partial charge >= 0.3 is 0 Å². The molecule has 1 N–H and O–H groups in total. The van der Waals surface area contributed by atoms with Gasteiger partial charge in [-0.25, -0.2) is 0 Å². The van der Waals surface area contributed by atoms with Gasteiger partial charge in [0.25, 0.3) is 0 Å². The van der Waals surface area contributed by atoms with Crippen molar-refractivity contribution in [1.82, 2.24) is 5.32 Å². The molecule has 0 spiro atoms. The van der Waals surface area contributed by atoms with Crippen molar-refractivity contribution in [2.75, 3.05) is 0 Å². The largest absolute Gasteiger partial charge is 0.363 e. The predicted molar refractivity (Wildman–Crippen MR) is 233 cm³/mol. The maximum atomic E-state index is 5.46. The van der Waals surface area contributed by atoms with Gasteiger partial charge in [0.1, 0.15) is 5.84 Å². The molecule has 0 aliphatic carbocycles. The van der Waals surface area contributed by atoms with Gasteiger partial charge in [0.2, 0.25) is 0 Å². The molecule has 0 radical (unpaired) electrons. The molecule has 266 valence electrons. The van der Waals surface area contributed by atoms with Gasteiger partial charge in [-0.2, -0.15) is 0 Å². The Hall–Kier alpha value is -6.77. The minimum Gasteiger partial charge on any atom is -0.363 e. The summed E-state index contributed by atoms with van der Waals surface area (Å²) in [6, 6.07) is 75.7. The lowest BCUT2D eigenvalue weighted by Crippen LogP contribution is -2.28. The molecule has 2 nitrogen and oxygen atoms in total. The van der Waals surface area contributed by atoms with Crippen molar-refractivity contribution in [2.24, 2.45) is 4.99 Å². The van der Waals surface area contributed by atoms with Crippen LogP contribution in [0.3, 0.4) is 0 Å². The third kappa shape index (κ3) is 8.25. The molecule has 0 saturated carbocycles. The van der Waals surface area contributed by atoms with Crippen LogP contribution in [0.5, 0.6) is 0 Å². The Bertz CT molecular complexity index is 2490. The second kappa shape index (κ2) is 16.5. The first-order chi connectivity index (χ1) is 27.1. The summed E-state index contributed by atoms with van der Waals surface area (Å²) in [5, 5.41) is 3.77. The molecular formula is C53H44N2. The van der Waals surface area contributed by atoms with E-state index in [0.717, 1.165) is 28.1 Å². The molecule has 0 aromatic heterocycles. The van der Waals surface area contributed by atoms with Crippen molar-refractivity contribution in [3.63, 3.8) is 0 Å². The summed E-state index contributed by atoms with van der Waals surface area (Å²) < 4.78 is 0. The molecule has 8 aromatic carbocycles. The van der Waals surface area contributed by atoms with Crippen LogP contribution in [0.15, 0.2) is 217 Å². The molecule has 2 atom stereocenters. The van der Waals surface area contributed by atoms with E-state index in [2.05, 4.69) is 231 Å². The highest BCUT2D eigenvalue weighted by atomic mass is 15.0. The molecule has 0 aliphatic rings. The second-order valence-corrected chi connectivity index (χ2v) is 14.1. The first-order valence-corrected chi connectivity index (χ1v) is 19.1. The van der Waals surface area contributed by atoms with Crippen LogP contribution in [0.1, 0.15) is 42.6 Å². The number of benzene rings is 8. The summed E-state index contributed by atoms with van der Waals surface area (Å²) in [5.74, 6) is 0.875. The average molecular weight is 709 g/mol. The lowest BCUT2D eigenvalue weighted by molar-refractivity contribution is 0.703. The maximum absolute atomic E-state index is 5.46. The Kier molecular flexibility index (Phi) is 10.6. The first kappa shape index (κ1) is 35.3. The van der Waals surface area contributed by atoms with E-state index in [1.165, 1.54) is 50.1 Å². The van der Waals surface area contributed by atoms with Crippen LogP contribution in [-0.4, -0.2) is 5.84 Å². The van der Waals surface area contributed by atoms with E-state index in [9.17, 15) is 0 Å². The minimum atomic E-state index is -0.148. The summed E-state index contributed by atoms with van der Waals surface area (Å²) in [6.45, 7) is 4.40. The fourth-order valence-electron chi connectivity index (χ4n) is 7.25. The summed E-state index contributed by atoms with van der Waals surface area (Å²) in [6.07, 6.45) is 0. The fraction of sp³-hybridized carbons (Fsp3) is 0.0755. The van der Waals surface area contributed by atoms with E-state index in [1.54, 1.807) is 0 Å². The van der Waals surface area contributed by atoms with Gasteiger partial charge in [-0.3, -0.25) is 4.99 Å². The highest BCUT2D eigenvalue weighted by Gasteiger charge is 2.17. The number of rotatable bonds is 10. The predicted octanol–water partition coefficient (Wildman–Crippen LogP) is 13.9. The molecule has 8 aromatic rings. The molecule has 2 heteroatoms. The van der Waals surface area contributed by atoms with Crippen molar-refractivity contribution in [1.29, 1.82) is 0 Å². The number of hydrogen-bond donors (Lipinski definition) is 1. The smallest absolute Gasteiger partial charge is 0.129 e. The molecule has 0 saturated heterocycles. The molecule has 2 unspecified atom stereocenters. The summed E-state index contributed by atoms with van der Waals surface area (Å²) >= 11 is 0. The van der Waals surface area contributed by atoms with Crippen LogP contribution < -0.4 is 5.32 Å². The highest BCUT2D eigenvalue weighted by molar-refractivity contribution is 5.99. The average Bonchev–Trinajstić information content (AvgIpc) is 3.27. The van der Waals surface area contributed by atoms with Crippen molar-refractivity contribution in [3.05, 3.63) is 229 Å². The zero-order chi connectivity index (χ0) is 37.4. The number of nitrogens with zero attached hydrogens (tertiary/aromatic N) is 1. The van der Waals surface area contributed by atoms with Crippen LogP contribution in [-0.2, 0) is 0 Å². The van der Waals surface area contributed by atoms with Gasteiger partial charge in [0.15, 0.2) is 0 Å². The highest BCUT2D eigenvalue weighted by Crippen LogP contribution is 2.39. The van der Waals surface area contributed by atoms with Crippen molar-refractivity contribution >= 4 is 5.84 Å². The maximum Gasteiger partial charge on any atom is 0.129 e. The number of hydrogen-bond acceptors (Lipinski definition) is 1. The van der Waals surface area contributed by atoms with Gasteiger partial charge in [-0.15, -0.1) is 0 Å². The lowest BCUT2D eigenvalue weighted by Gasteiger charge is -2.21. The van der Waals surface area contributed by atoms with E-state index in [0.29, 0.717) is 0 Å². The summed E-state index contributed by atoms with van der Waals surface area (Å²) in [5.41, 5.74) is 15.3. The van der Waals surface area contributed by atoms with E-state index in [1.807, 2.05) is 0 Å². The van der Waals surface area contributed by atoms with Crippen LogP contribution in [0.2, 0.25) is 0 Å². The Morgan fingerprint density at radius 1 is 0.364 bits per heavy atom. The third-order valence-electron chi connectivity index (χ3n) is 10.3. The Morgan fingerprint density at radius 2 is 0.818 bits per heavy atom. The van der Waals surface area contributed by atoms with Gasteiger partial charge in [0.05, 0.1) is 6.04 Å². The monoisotopic (exact) mass is 708 g/mol. The van der Waals surface area contributed by atoms with Gasteiger partial charge in [-0.1, -0.05) is 188 Å². The molecule has 55 heavy (non-hydrogen) atoms. The molecule has 0 fully saturated rings. The molecule has 8 rings (SSSR count). The molecule has 0 aliphatic heterocycles. The van der Waals surface area contributed by atoms with Gasteiger partial charge in [0, 0.05) is 11.6 Å². The van der Waals surface area contributed by atoms with Crippen LogP contribution in [0, 0.1) is 0 Å². The molecular weight excluding hydrogens is 665 g/mol. The SMILES string of the molecule is CC(N=C(NC(C)c1ccccc1)c1ccccc1)c1cc(-c2ccc(-c3ccccc3)cc2)cc(-c2cc(-c3ccccc3)ccc2-c2ccccc2)c1. The summed E-state index contributed by atoms with van der Waals surface area (Å²) in [7, 11) is 0. The molecule has 0 bridgehead atoms. The summed E-state index contributed by atoms with van der Waals surface area (Å²) in [4.78, 5) is 5.46. The van der Waals surface area contributed by atoms with E-state index >= 15 is 0 Å². The minimum absolute atomic E-state index is 0.0755. The molecule has 0 amide bonds. The number of nitrogens with one attached hydrogen (secondary N) is 1. The van der Waals surface area contributed by atoms with Crippen molar-refractivity contribution in [3.8, 4) is 55.6 Å². The quantitative estimate of drug-likeness (QED) is 0.111. The normalized spacial score (nSPS) is 12.5. The number of amidine groups is 1. The first-order valence-electron chi connectivity index (χ1n) is 19.1. The second-order valence-electron chi connectivity index (χ2n) is 14.1. The van der Waals surface area contributed by atoms with Gasteiger partial charge in [-0.05, 0) is 105 Å². The van der Waals surface area contributed by atoms with Crippen molar-refractivity contribution < 1.29 is 0 Å². The third-order valence-corrected chi connectivity index (χ3v) is 10.3. The lowest BCUT2D eigenvalue weighted by atomic mass is 9.88. The van der Waals surface area contributed by atoms with Crippen molar-refractivity contribution in [2.45, 2.75) is 25.9 Å². The Labute approximate surface area is 325 Å². The zero-order valence-corrected chi connectivity index (χ0v) is 31.3. The van der Waals surface area contributed by atoms with Crippen LogP contribution in [0.4, 0.5) is 0 Å². The number of aliphatic imine (C=N–C) groups is 1. The van der Waals surface area contributed by atoms with E-state index in [-0.39, 0.29) is 12.1 Å². The van der Waals surface area contributed by atoms with E-state index < -0.39 is 0 Å². The van der Waals surface area contributed by atoms with Crippen LogP contribution >= 0.6 is 0 Å².